The highest BCUT2D eigenvalue weighted by molar-refractivity contribution is 7.99. The number of hydrogen-bond acceptors (Lipinski definition) is 4. The van der Waals surface area contributed by atoms with E-state index in [4.69, 9.17) is 5.11 Å². The van der Waals surface area contributed by atoms with E-state index < -0.39 is 11.6 Å². The van der Waals surface area contributed by atoms with E-state index in [-0.39, 0.29) is 31.8 Å². The van der Waals surface area contributed by atoms with E-state index >= 15 is 0 Å². The molecular formula is C19H19NO4S. The molecule has 0 aliphatic carbocycles. The molecule has 6 heteroatoms. The monoisotopic (exact) mass is 357 g/mol. The van der Waals surface area contributed by atoms with Crippen molar-refractivity contribution in [3.8, 4) is 0 Å². The summed E-state index contributed by atoms with van der Waals surface area (Å²) in [4.78, 5) is 27.5. The molecule has 0 atom stereocenters. The molecule has 130 valence electrons. The SMILES string of the molecule is O=C(c1ccccc1Sc1ccccc1)N1CCC(O)(C(=O)O)CC1. The topological polar surface area (TPSA) is 77.8 Å². The van der Waals surface area contributed by atoms with Crippen LogP contribution in [0.3, 0.4) is 0 Å². The van der Waals surface area contributed by atoms with Crippen molar-refractivity contribution in [3.05, 3.63) is 60.2 Å². The van der Waals surface area contributed by atoms with E-state index in [9.17, 15) is 14.7 Å². The maximum atomic E-state index is 12.9. The van der Waals surface area contributed by atoms with Gasteiger partial charge < -0.3 is 15.1 Å². The Bertz CT molecular complexity index is 770. The highest BCUT2D eigenvalue weighted by atomic mass is 32.2. The summed E-state index contributed by atoms with van der Waals surface area (Å²) in [6, 6.07) is 17.2. The minimum atomic E-state index is -1.73. The van der Waals surface area contributed by atoms with E-state index in [0.29, 0.717) is 5.56 Å². The molecule has 2 aromatic rings. The summed E-state index contributed by atoms with van der Waals surface area (Å²) >= 11 is 1.52. The summed E-state index contributed by atoms with van der Waals surface area (Å²) in [5.74, 6) is -1.36. The first-order valence-corrected chi connectivity index (χ1v) is 8.88. The number of hydrogen-bond donors (Lipinski definition) is 2. The van der Waals surface area contributed by atoms with Crippen molar-refractivity contribution < 1.29 is 19.8 Å². The van der Waals surface area contributed by atoms with Gasteiger partial charge in [0.15, 0.2) is 5.60 Å². The summed E-state index contributed by atoms with van der Waals surface area (Å²) in [5.41, 5.74) is -1.13. The van der Waals surface area contributed by atoms with Gasteiger partial charge in [-0.25, -0.2) is 4.79 Å². The smallest absolute Gasteiger partial charge is 0.335 e. The Morgan fingerprint density at radius 2 is 1.56 bits per heavy atom. The predicted molar refractivity (Wildman–Crippen MR) is 94.7 cm³/mol. The number of amides is 1. The van der Waals surface area contributed by atoms with Crippen LogP contribution in [0.25, 0.3) is 0 Å². The van der Waals surface area contributed by atoms with Crippen molar-refractivity contribution in [1.82, 2.24) is 4.90 Å². The fraction of sp³-hybridized carbons (Fsp3) is 0.263. The maximum absolute atomic E-state index is 12.9. The van der Waals surface area contributed by atoms with E-state index in [1.54, 1.807) is 11.0 Å². The van der Waals surface area contributed by atoms with Crippen molar-refractivity contribution in [2.45, 2.75) is 28.2 Å². The molecular weight excluding hydrogens is 338 g/mol. The van der Waals surface area contributed by atoms with Crippen molar-refractivity contribution in [3.63, 3.8) is 0 Å². The molecule has 0 radical (unpaired) electrons. The number of carboxylic acids is 1. The van der Waals surface area contributed by atoms with E-state index in [0.717, 1.165) is 9.79 Å². The summed E-state index contributed by atoms with van der Waals surface area (Å²) < 4.78 is 0. The molecule has 25 heavy (non-hydrogen) atoms. The molecule has 0 saturated carbocycles. The first-order valence-electron chi connectivity index (χ1n) is 8.06. The molecule has 3 rings (SSSR count). The Balaban J connectivity index is 1.76. The molecule has 0 bridgehead atoms. The Morgan fingerprint density at radius 3 is 2.20 bits per heavy atom. The second-order valence-corrected chi connectivity index (χ2v) is 7.16. The number of likely N-dealkylation sites (tertiary alicyclic amines) is 1. The van der Waals surface area contributed by atoms with Crippen molar-refractivity contribution in [1.29, 1.82) is 0 Å². The lowest BCUT2D eigenvalue weighted by Crippen LogP contribution is -2.50. The zero-order valence-corrected chi connectivity index (χ0v) is 14.4. The minimum Gasteiger partial charge on any atom is -0.479 e. The highest BCUT2D eigenvalue weighted by Crippen LogP contribution is 2.32. The van der Waals surface area contributed by atoms with Crippen LogP contribution in [0.2, 0.25) is 0 Å². The van der Waals surface area contributed by atoms with Crippen LogP contribution in [-0.2, 0) is 4.79 Å². The van der Waals surface area contributed by atoms with E-state index in [1.807, 2.05) is 48.5 Å². The van der Waals surface area contributed by atoms with Gasteiger partial charge in [-0.05, 0) is 24.3 Å². The third-order valence-corrected chi connectivity index (χ3v) is 5.45. The van der Waals surface area contributed by atoms with E-state index in [1.165, 1.54) is 11.8 Å². The molecule has 2 aromatic carbocycles. The zero-order valence-electron chi connectivity index (χ0n) is 13.6. The van der Waals surface area contributed by atoms with Crippen LogP contribution in [-0.4, -0.2) is 45.7 Å². The third kappa shape index (κ3) is 3.86. The molecule has 1 aliphatic heterocycles. The summed E-state index contributed by atoms with van der Waals surface area (Å²) in [6.07, 6.45) is 0.0874. The number of carbonyl (C=O) groups excluding carboxylic acids is 1. The second kappa shape index (κ2) is 7.29. The number of piperidine rings is 1. The minimum absolute atomic E-state index is 0.0437. The van der Waals surface area contributed by atoms with Crippen LogP contribution in [0.1, 0.15) is 23.2 Å². The molecule has 1 heterocycles. The number of carbonyl (C=O) groups is 2. The van der Waals surface area contributed by atoms with Crippen molar-refractivity contribution >= 4 is 23.6 Å². The quantitative estimate of drug-likeness (QED) is 0.880. The number of nitrogens with zero attached hydrogens (tertiary/aromatic N) is 1. The Hall–Kier alpha value is -2.31. The van der Waals surface area contributed by atoms with Crippen LogP contribution >= 0.6 is 11.8 Å². The average Bonchev–Trinajstić information content (AvgIpc) is 2.63. The van der Waals surface area contributed by atoms with Gasteiger partial charge in [0.25, 0.3) is 5.91 Å². The molecule has 1 saturated heterocycles. The van der Waals surface area contributed by atoms with Crippen molar-refractivity contribution in [2.24, 2.45) is 0 Å². The Labute approximate surface area is 150 Å². The van der Waals surface area contributed by atoms with Crippen molar-refractivity contribution in [2.75, 3.05) is 13.1 Å². The zero-order chi connectivity index (χ0) is 17.9. The van der Waals surface area contributed by atoms with Crippen LogP contribution in [0, 0.1) is 0 Å². The third-order valence-electron chi connectivity index (χ3n) is 4.36. The van der Waals surface area contributed by atoms with Gasteiger partial charge in [0.2, 0.25) is 0 Å². The van der Waals surface area contributed by atoms with Gasteiger partial charge >= 0.3 is 5.97 Å². The Morgan fingerprint density at radius 1 is 0.960 bits per heavy atom. The number of benzene rings is 2. The predicted octanol–water partition coefficient (Wildman–Crippen LogP) is 2.89. The largest absolute Gasteiger partial charge is 0.479 e. The molecule has 0 unspecified atom stereocenters. The van der Waals surface area contributed by atoms with Gasteiger partial charge in [0.05, 0.1) is 5.56 Å². The molecule has 1 aliphatic rings. The first kappa shape index (κ1) is 17.5. The first-order chi connectivity index (χ1) is 12.0. The van der Waals surface area contributed by atoms with Gasteiger partial charge in [-0.1, -0.05) is 42.1 Å². The number of carboxylic acid groups (broad SMARTS) is 1. The van der Waals surface area contributed by atoms with Crippen LogP contribution in [0.5, 0.6) is 0 Å². The average molecular weight is 357 g/mol. The normalized spacial score (nSPS) is 16.4. The molecule has 0 spiro atoms. The van der Waals surface area contributed by atoms with Gasteiger partial charge in [-0.2, -0.15) is 0 Å². The molecule has 1 amide bonds. The fourth-order valence-electron chi connectivity index (χ4n) is 2.81. The highest BCUT2D eigenvalue weighted by Gasteiger charge is 2.40. The lowest BCUT2D eigenvalue weighted by Gasteiger charge is -2.35. The van der Waals surface area contributed by atoms with E-state index in [2.05, 4.69) is 0 Å². The van der Waals surface area contributed by atoms with Crippen LogP contribution in [0.4, 0.5) is 0 Å². The standard InChI is InChI=1S/C19H19NO4S/c21-17(20-12-10-19(24,11-13-20)18(22)23)15-8-4-5-9-16(15)25-14-6-2-1-3-7-14/h1-9,24H,10-13H2,(H,22,23). The van der Waals surface area contributed by atoms with Crippen LogP contribution in [0.15, 0.2) is 64.4 Å². The van der Waals surface area contributed by atoms with Gasteiger partial charge in [-0.3, -0.25) is 4.79 Å². The summed E-state index contributed by atoms with van der Waals surface area (Å²) in [7, 11) is 0. The van der Waals surface area contributed by atoms with Gasteiger partial charge in [0.1, 0.15) is 0 Å². The molecule has 5 nitrogen and oxygen atoms in total. The Kier molecular flexibility index (Phi) is 5.11. The van der Waals surface area contributed by atoms with Gasteiger partial charge in [0, 0.05) is 35.7 Å². The second-order valence-electron chi connectivity index (χ2n) is 6.04. The lowest BCUT2D eigenvalue weighted by molar-refractivity contribution is -0.162. The fourth-order valence-corrected chi connectivity index (χ4v) is 3.77. The maximum Gasteiger partial charge on any atom is 0.335 e. The molecule has 0 aromatic heterocycles. The lowest BCUT2D eigenvalue weighted by atomic mass is 9.91. The molecule has 2 N–H and O–H groups in total. The number of aliphatic hydroxyl groups is 1. The summed E-state index contributed by atoms with van der Waals surface area (Å²) in [6.45, 7) is 0.456. The van der Waals surface area contributed by atoms with Crippen LogP contribution < -0.4 is 0 Å². The summed E-state index contributed by atoms with van der Waals surface area (Å²) in [5, 5.41) is 19.1. The number of aliphatic carboxylic acids is 1. The van der Waals surface area contributed by atoms with Gasteiger partial charge in [-0.15, -0.1) is 0 Å². The molecule has 1 fully saturated rings. The number of rotatable bonds is 4.